The summed E-state index contributed by atoms with van der Waals surface area (Å²) in [5.41, 5.74) is 5.11. The smallest absolute Gasteiger partial charge is 0.138 e. The number of rotatable bonds is 2. The maximum absolute atomic E-state index is 4.66. The summed E-state index contributed by atoms with van der Waals surface area (Å²) in [6.45, 7) is 2.25. The number of hydrogen-bond acceptors (Lipinski definition) is 4. The van der Waals surface area contributed by atoms with E-state index in [1.165, 1.54) is 24.9 Å². The third-order valence-electron chi connectivity index (χ3n) is 5.00. The summed E-state index contributed by atoms with van der Waals surface area (Å²) in [5, 5.41) is 2.32. The molecule has 25 heavy (non-hydrogen) atoms. The molecule has 0 unspecified atom stereocenters. The van der Waals surface area contributed by atoms with Crippen LogP contribution in [0.2, 0.25) is 0 Å². The zero-order valence-electron chi connectivity index (χ0n) is 13.9. The Hall–Kier alpha value is -2.95. The fourth-order valence-corrected chi connectivity index (χ4v) is 3.66. The second kappa shape index (κ2) is 5.84. The van der Waals surface area contributed by atoms with Gasteiger partial charge in [0.25, 0.3) is 0 Å². The van der Waals surface area contributed by atoms with Crippen LogP contribution in [0.25, 0.3) is 33.2 Å². The van der Waals surface area contributed by atoms with Crippen LogP contribution >= 0.6 is 0 Å². The van der Waals surface area contributed by atoms with E-state index in [-0.39, 0.29) is 0 Å². The lowest BCUT2D eigenvalue weighted by Crippen LogP contribution is -2.29. The molecule has 4 aromatic rings. The second-order valence-electron chi connectivity index (χ2n) is 6.62. The number of H-pyrrole nitrogens is 1. The molecule has 0 spiro atoms. The van der Waals surface area contributed by atoms with Gasteiger partial charge in [0.05, 0.1) is 29.3 Å². The molecule has 1 aliphatic heterocycles. The van der Waals surface area contributed by atoms with Crippen molar-refractivity contribution in [1.29, 1.82) is 0 Å². The van der Waals surface area contributed by atoms with Crippen LogP contribution in [0.15, 0.2) is 49.1 Å². The first-order valence-corrected chi connectivity index (χ1v) is 8.81. The molecule has 1 fully saturated rings. The monoisotopic (exact) mass is 329 g/mol. The Kier molecular flexibility index (Phi) is 3.37. The Morgan fingerprint density at radius 1 is 0.920 bits per heavy atom. The lowest BCUT2D eigenvalue weighted by Gasteiger charge is -2.28. The SMILES string of the molecule is c1cncc(-c2cc3c(cn2)[nH]c2ncc(N4CCCCC4)cc23)c1. The van der Waals surface area contributed by atoms with Crippen LogP contribution in [0.1, 0.15) is 19.3 Å². The number of fused-ring (bicyclic) bond motifs is 3. The predicted octanol–water partition coefficient (Wildman–Crippen LogP) is 4.16. The molecule has 1 aliphatic rings. The van der Waals surface area contributed by atoms with Crippen LogP contribution in [0.3, 0.4) is 0 Å². The van der Waals surface area contributed by atoms with Crippen molar-refractivity contribution >= 4 is 27.6 Å². The van der Waals surface area contributed by atoms with Gasteiger partial charge in [0.1, 0.15) is 5.65 Å². The molecule has 0 aliphatic carbocycles. The number of nitrogens with one attached hydrogen (secondary N) is 1. The highest BCUT2D eigenvalue weighted by Crippen LogP contribution is 2.30. The highest BCUT2D eigenvalue weighted by Gasteiger charge is 2.14. The van der Waals surface area contributed by atoms with Gasteiger partial charge in [-0.25, -0.2) is 4.98 Å². The first-order valence-electron chi connectivity index (χ1n) is 8.81. The minimum Gasteiger partial charge on any atom is -0.370 e. The second-order valence-corrected chi connectivity index (χ2v) is 6.62. The summed E-state index contributed by atoms with van der Waals surface area (Å²) in [6.07, 6.45) is 11.4. The highest BCUT2D eigenvalue weighted by molar-refractivity contribution is 6.07. The lowest BCUT2D eigenvalue weighted by molar-refractivity contribution is 0.577. The van der Waals surface area contributed by atoms with Crippen LogP contribution in [0.4, 0.5) is 5.69 Å². The normalized spacial score (nSPS) is 15.1. The number of piperidine rings is 1. The minimum absolute atomic E-state index is 0.917. The van der Waals surface area contributed by atoms with Crippen molar-refractivity contribution in [3.63, 3.8) is 0 Å². The number of hydrogen-bond donors (Lipinski definition) is 1. The van der Waals surface area contributed by atoms with Gasteiger partial charge in [0.15, 0.2) is 0 Å². The molecule has 0 amide bonds. The number of aromatic nitrogens is 4. The summed E-state index contributed by atoms with van der Waals surface area (Å²) in [4.78, 5) is 19.3. The molecule has 5 heteroatoms. The fraction of sp³-hybridized carbons (Fsp3) is 0.250. The molecule has 0 bridgehead atoms. The van der Waals surface area contributed by atoms with Gasteiger partial charge in [0, 0.05) is 41.8 Å². The Balaban J connectivity index is 1.65. The zero-order chi connectivity index (χ0) is 16.6. The summed E-state index contributed by atoms with van der Waals surface area (Å²) in [7, 11) is 0. The zero-order valence-corrected chi connectivity index (χ0v) is 13.9. The molecule has 0 atom stereocenters. The van der Waals surface area contributed by atoms with Crippen molar-refractivity contribution < 1.29 is 0 Å². The summed E-state index contributed by atoms with van der Waals surface area (Å²) >= 11 is 0. The Bertz CT molecular complexity index is 1030. The third-order valence-corrected chi connectivity index (χ3v) is 5.00. The van der Waals surface area contributed by atoms with Gasteiger partial charge in [-0.2, -0.15) is 0 Å². The van der Waals surface area contributed by atoms with Gasteiger partial charge in [-0.3, -0.25) is 9.97 Å². The lowest BCUT2D eigenvalue weighted by atomic mass is 10.1. The quantitative estimate of drug-likeness (QED) is 0.600. The van der Waals surface area contributed by atoms with Gasteiger partial charge in [-0.1, -0.05) is 0 Å². The predicted molar refractivity (Wildman–Crippen MR) is 101 cm³/mol. The van der Waals surface area contributed by atoms with E-state index in [0.717, 1.165) is 46.3 Å². The van der Waals surface area contributed by atoms with Crippen LogP contribution in [0, 0.1) is 0 Å². The molecule has 0 aromatic carbocycles. The van der Waals surface area contributed by atoms with E-state index in [9.17, 15) is 0 Å². The number of pyridine rings is 3. The van der Waals surface area contributed by atoms with Gasteiger partial charge in [0.2, 0.25) is 0 Å². The van der Waals surface area contributed by atoms with Crippen LogP contribution in [0.5, 0.6) is 0 Å². The van der Waals surface area contributed by atoms with E-state index in [4.69, 9.17) is 0 Å². The van der Waals surface area contributed by atoms with Gasteiger partial charge in [-0.05, 0) is 43.5 Å². The molecular weight excluding hydrogens is 310 g/mol. The van der Waals surface area contributed by atoms with Crippen molar-refractivity contribution in [1.82, 2.24) is 19.9 Å². The number of anilines is 1. The van der Waals surface area contributed by atoms with Gasteiger partial charge < -0.3 is 9.88 Å². The first-order chi connectivity index (χ1) is 12.4. The van der Waals surface area contributed by atoms with Crippen molar-refractivity contribution in [3.05, 3.63) is 49.1 Å². The first kappa shape index (κ1) is 14.4. The average Bonchev–Trinajstić information content (AvgIpc) is 3.06. The van der Waals surface area contributed by atoms with Crippen LogP contribution in [-0.2, 0) is 0 Å². The minimum atomic E-state index is 0.917. The van der Waals surface area contributed by atoms with E-state index in [1.807, 2.05) is 30.7 Å². The van der Waals surface area contributed by atoms with E-state index in [0.29, 0.717) is 0 Å². The van der Waals surface area contributed by atoms with E-state index >= 15 is 0 Å². The summed E-state index contributed by atoms with van der Waals surface area (Å²) < 4.78 is 0. The molecule has 5 heterocycles. The van der Waals surface area contributed by atoms with E-state index < -0.39 is 0 Å². The highest BCUT2D eigenvalue weighted by atomic mass is 15.1. The van der Waals surface area contributed by atoms with Gasteiger partial charge in [-0.15, -0.1) is 0 Å². The largest absolute Gasteiger partial charge is 0.370 e. The summed E-state index contributed by atoms with van der Waals surface area (Å²) in [6, 6.07) is 8.37. The topological polar surface area (TPSA) is 57.7 Å². The van der Waals surface area contributed by atoms with E-state index in [1.54, 1.807) is 6.20 Å². The molecule has 124 valence electrons. The standard InChI is InChI=1S/C20H19N5/c1-2-7-25(8-3-1)15-9-17-16-10-18(14-5-4-6-21-11-14)22-13-19(16)24-20(17)23-12-15/h4-6,9-13H,1-3,7-8H2,(H,23,24). The van der Waals surface area contributed by atoms with Crippen molar-refractivity contribution in [3.8, 4) is 11.3 Å². The van der Waals surface area contributed by atoms with Crippen molar-refractivity contribution in [2.75, 3.05) is 18.0 Å². The third kappa shape index (κ3) is 2.52. The number of nitrogens with zero attached hydrogens (tertiary/aromatic N) is 4. The molecule has 4 aromatic heterocycles. The summed E-state index contributed by atoms with van der Waals surface area (Å²) in [5.74, 6) is 0. The van der Waals surface area contributed by atoms with Crippen LogP contribution in [-0.4, -0.2) is 33.0 Å². The maximum atomic E-state index is 4.66. The number of aromatic amines is 1. The molecule has 0 radical (unpaired) electrons. The molecule has 5 nitrogen and oxygen atoms in total. The van der Waals surface area contributed by atoms with Crippen LogP contribution < -0.4 is 4.90 Å². The Labute approximate surface area is 145 Å². The molecule has 0 saturated carbocycles. The molecule has 1 saturated heterocycles. The molecular formula is C20H19N5. The van der Waals surface area contributed by atoms with E-state index in [2.05, 4.69) is 37.0 Å². The molecule has 5 rings (SSSR count). The van der Waals surface area contributed by atoms with Crippen molar-refractivity contribution in [2.45, 2.75) is 19.3 Å². The Morgan fingerprint density at radius 2 is 1.84 bits per heavy atom. The fourth-order valence-electron chi connectivity index (χ4n) is 3.66. The maximum Gasteiger partial charge on any atom is 0.138 e. The Morgan fingerprint density at radius 3 is 2.68 bits per heavy atom. The van der Waals surface area contributed by atoms with Gasteiger partial charge >= 0.3 is 0 Å². The molecule has 1 N–H and O–H groups in total. The van der Waals surface area contributed by atoms with Crippen molar-refractivity contribution in [2.24, 2.45) is 0 Å². The average molecular weight is 329 g/mol.